The first-order valence-electron chi connectivity index (χ1n) is 7.69. The molecule has 5 heteroatoms. The first-order valence-corrected chi connectivity index (χ1v) is 8.68. The van der Waals surface area contributed by atoms with Gasteiger partial charge in [0.1, 0.15) is 0 Å². The number of benzene rings is 2. The number of amides is 2. The van der Waals surface area contributed by atoms with Crippen LogP contribution in [-0.4, -0.2) is 17.6 Å². The Morgan fingerprint density at radius 1 is 1.04 bits per heavy atom. The molecule has 2 aromatic rings. The Morgan fingerprint density at radius 2 is 1.67 bits per heavy atom. The number of carbonyl (C=O) groups is 2. The molecular formula is C19H22N2O2S. The summed E-state index contributed by atoms with van der Waals surface area (Å²) in [6.07, 6.45) is 0. The highest BCUT2D eigenvalue weighted by Crippen LogP contribution is 2.25. The van der Waals surface area contributed by atoms with E-state index in [4.69, 9.17) is 5.73 Å². The van der Waals surface area contributed by atoms with Crippen molar-refractivity contribution in [1.82, 2.24) is 0 Å². The van der Waals surface area contributed by atoms with Crippen molar-refractivity contribution in [2.24, 2.45) is 5.73 Å². The minimum absolute atomic E-state index is 0.110. The average molecular weight is 342 g/mol. The van der Waals surface area contributed by atoms with Gasteiger partial charge in [0.15, 0.2) is 0 Å². The van der Waals surface area contributed by atoms with E-state index in [-0.39, 0.29) is 17.1 Å². The van der Waals surface area contributed by atoms with Gasteiger partial charge in [0.25, 0.3) is 5.91 Å². The third-order valence-electron chi connectivity index (χ3n) is 3.56. The molecule has 0 heterocycles. The zero-order valence-electron chi connectivity index (χ0n) is 14.1. The second kappa shape index (κ2) is 7.53. The van der Waals surface area contributed by atoms with Crippen LogP contribution in [0.5, 0.6) is 0 Å². The van der Waals surface area contributed by atoms with Crippen LogP contribution in [0.3, 0.4) is 0 Å². The highest BCUT2D eigenvalue weighted by atomic mass is 32.2. The highest BCUT2D eigenvalue weighted by molar-refractivity contribution is 8.00. The van der Waals surface area contributed by atoms with Crippen molar-refractivity contribution < 1.29 is 9.59 Å². The van der Waals surface area contributed by atoms with Crippen LogP contribution >= 0.6 is 11.8 Å². The van der Waals surface area contributed by atoms with Crippen LogP contribution in [0.15, 0.2) is 53.4 Å². The van der Waals surface area contributed by atoms with Crippen LogP contribution in [0.2, 0.25) is 0 Å². The normalized spacial score (nSPS) is 11.1. The molecule has 0 unspecified atom stereocenters. The molecule has 0 atom stereocenters. The van der Waals surface area contributed by atoms with E-state index < -0.39 is 5.91 Å². The number of primary amides is 1. The summed E-state index contributed by atoms with van der Waals surface area (Å²) in [5, 5.41) is 2.74. The standard InChI is InChI=1S/C19H22N2O2S/c1-19(2,3)13-8-10-14(11-9-13)24-12-17(22)21-16-7-5-4-6-15(16)18(20)23/h4-11H,12H2,1-3H3,(H2,20,23)(H,21,22). The molecule has 2 rings (SSSR count). The SMILES string of the molecule is CC(C)(C)c1ccc(SCC(=O)Nc2ccccc2C(N)=O)cc1. The Balaban J connectivity index is 1.96. The van der Waals surface area contributed by atoms with Crippen molar-refractivity contribution in [1.29, 1.82) is 0 Å². The van der Waals surface area contributed by atoms with E-state index in [0.29, 0.717) is 11.3 Å². The molecule has 24 heavy (non-hydrogen) atoms. The van der Waals surface area contributed by atoms with Gasteiger partial charge in [-0.25, -0.2) is 0 Å². The van der Waals surface area contributed by atoms with Gasteiger partial charge in [-0.15, -0.1) is 11.8 Å². The van der Waals surface area contributed by atoms with E-state index in [0.717, 1.165) is 4.90 Å². The molecule has 0 saturated carbocycles. The zero-order valence-corrected chi connectivity index (χ0v) is 14.9. The summed E-state index contributed by atoms with van der Waals surface area (Å²) < 4.78 is 0. The molecule has 0 bridgehead atoms. The fourth-order valence-corrected chi connectivity index (χ4v) is 2.89. The quantitative estimate of drug-likeness (QED) is 0.812. The van der Waals surface area contributed by atoms with E-state index >= 15 is 0 Å². The lowest BCUT2D eigenvalue weighted by Gasteiger charge is -2.19. The molecule has 0 saturated heterocycles. The molecule has 0 aliphatic rings. The smallest absolute Gasteiger partial charge is 0.250 e. The topological polar surface area (TPSA) is 72.2 Å². The monoisotopic (exact) mass is 342 g/mol. The second-order valence-electron chi connectivity index (χ2n) is 6.52. The van der Waals surface area contributed by atoms with Crippen molar-refractivity contribution in [3.8, 4) is 0 Å². The fraction of sp³-hybridized carbons (Fsp3) is 0.263. The van der Waals surface area contributed by atoms with Gasteiger partial charge in [-0.2, -0.15) is 0 Å². The summed E-state index contributed by atoms with van der Waals surface area (Å²) in [6, 6.07) is 14.9. The van der Waals surface area contributed by atoms with E-state index in [9.17, 15) is 9.59 Å². The van der Waals surface area contributed by atoms with E-state index in [1.54, 1.807) is 24.3 Å². The van der Waals surface area contributed by atoms with Crippen LogP contribution in [0.25, 0.3) is 0 Å². The molecule has 0 radical (unpaired) electrons. The molecule has 4 nitrogen and oxygen atoms in total. The number of rotatable bonds is 5. The summed E-state index contributed by atoms with van der Waals surface area (Å²) in [7, 11) is 0. The maximum Gasteiger partial charge on any atom is 0.250 e. The van der Waals surface area contributed by atoms with E-state index in [1.165, 1.54) is 17.3 Å². The highest BCUT2D eigenvalue weighted by Gasteiger charge is 2.13. The molecule has 2 aromatic carbocycles. The van der Waals surface area contributed by atoms with Crippen LogP contribution in [0.4, 0.5) is 5.69 Å². The van der Waals surface area contributed by atoms with Gasteiger partial charge in [-0.3, -0.25) is 9.59 Å². The maximum atomic E-state index is 12.1. The van der Waals surface area contributed by atoms with Crippen molar-refractivity contribution >= 4 is 29.3 Å². The summed E-state index contributed by atoms with van der Waals surface area (Å²) in [5.74, 6) is -0.466. The van der Waals surface area contributed by atoms with Crippen LogP contribution < -0.4 is 11.1 Å². The van der Waals surface area contributed by atoms with Crippen molar-refractivity contribution in [2.45, 2.75) is 31.1 Å². The Hall–Kier alpha value is -2.27. The molecule has 126 valence electrons. The zero-order chi connectivity index (χ0) is 17.7. The molecule has 0 aromatic heterocycles. The van der Waals surface area contributed by atoms with Gasteiger partial charge in [-0.1, -0.05) is 45.0 Å². The number of thioether (sulfide) groups is 1. The first kappa shape index (κ1) is 18.1. The van der Waals surface area contributed by atoms with Crippen LogP contribution in [0.1, 0.15) is 36.7 Å². The molecule has 3 N–H and O–H groups in total. The van der Waals surface area contributed by atoms with Crippen LogP contribution in [-0.2, 0) is 10.2 Å². The second-order valence-corrected chi connectivity index (χ2v) is 7.57. The largest absolute Gasteiger partial charge is 0.366 e. The number of anilines is 1. The predicted octanol–water partition coefficient (Wildman–Crippen LogP) is 3.81. The van der Waals surface area contributed by atoms with Gasteiger partial charge >= 0.3 is 0 Å². The number of carbonyl (C=O) groups excluding carboxylic acids is 2. The number of hydrogen-bond acceptors (Lipinski definition) is 3. The summed E-state index contributed by atoms with van der Waals surface area (Å²) in [4.78, 5) is 24.5. The van der Waals surface area contributed by atoms with Gasteiger partial charge in [0, 0.05) is 4.90 Å². The van der Waals surface area contributed by atoms with E-state index in [1.807, 2.05) is 12.1 Å². The van der Waals surface area contributed by atoms with Gasteiger partial charge in [0.05, 0.1) is 17.0 Å². The Kier molecular flexibility index (Phi) is 5.67. The first-order chi connectivity index (χ1) is 11.3. The fourth-order valence-electron chi connectivity index (χ4n) is 2.19. The lowest BCUT2D eigenvalue weighted by Crippen LogP contribution is -2.19. The number of nitrogens with one attached hydrogen (secondary N) is 1. The Morgan fingerprint density at radius 3 is 2.25 bits per heavy atom. The number of nitrogens with two attached hydrogens (primary N) is 1. The summed E-state index contributed by atoms with van der Waals surface area (Å²) in [6.45, 7) is 6.50. The molecule has 2 amide bonds. The lowest BCUT2D eigenvalue weighted by atomic mass is 9.87. The van der Waals surface area contributed by atoms with Crippen molar-refractivity contribution in [2.75, 3.05) is 11.1 Å². The Labute approximate surface area is 146 Å². The average Bonchev–Trinajstić information content (AvgIpc) is 2.53. The summed E-state index contributed by atoms with van der Waals surface area (Å²) in [5.41, 5.74) is 7.43. The Bertz CT molecular complexity index is 734. The molecular weight excluding hydrogens is 320 g/mol. The molecule has 0 aliphatic heterocycles. The number of hydrogen-bond donors (Lipinski definition) is 2. The van der Waals surface area contributed by atoms with Gasteiger partial charge in [-0.05, 0) is 35.2 Å². The third kappa shape index (κ3) is 4.86. The van der Waals surface area contributed by atoms with Crippen LogP contribution in [0, 0.1) is 0 Å². The molecule has 0 aliphatic carbocycles. The van der Waals surface area contributed by atoms with E-state index in [2.05, 4.69) is 38.2 Å². The molecule has 0 spiro atoms. The third-order valence-corrected chi connectivity index (χ3v) is 4.57. The minimum atomic E-state index is -0.559. The maximum absolute atomic E-state index is 12.1. The predicted molar refractivity (Wildman–Crippen MR) is 99.5 cm³/mol. The minimum Gasteiger partial charge on any atom is -0.366 e. The lowest BCUT2D eigenvalue weighted by molar-refractivity contribution is -0.113. The van der Waals surface area contributed by atoms with Crippen molar-refractivity contribution in [3.63, 3.8) is 0 Å². The summed E-state index contributed by atoms with van der Waals surface area (Å²) >= 11 is 1.45. The van der Waals surface area contributed by atoms with Gasteiger partial charge < -0.3 is 11.1 Å². The van der Waals surface area contributed by atoms with Crippen molar-refractivity contribution in [3.05, 3.63) is 59.7 Å². The molecule has 0 fully saturated rings. The number of para-hydroxylation sites is 1. The van der Waals surface area contributed by atoms with Gasteiger partial charge in [0.2, 0.25) is 5.91 Å².